The van der Waals surface area contributed by atoms with Gasteiger partial charge in [-0.25, -0.2) is 0 Å². The van der Waals surface area contributed by atoms with Crippen LogP contribution in [-0.2, 0) is 0 Å². The molecule has 150 valence electrons. The van der Waals surface area contributed by atoms with E-state index >= 15 is 0 Å². The number of fused-ring (bicyclic) bond motifs is 1. The van der Waals surface area contributed by atoms with Crippen LogP contribution in [0.25, 0.3) is 23.1 Å². The largest absolute Gasteiger partial charge is 0.256 e. The molecule has 0 saturated carbocycles. The fraction of sp³-hybridized carbons (Fsp3) is 0.0357. The molecular formula is C28H20ClNS. The SMILES string of the molecule is Clc1ccc(C(c2ccc3nccc(C=Cc4ccccc4)c3c2)c2cccs2)cc1. The maximum absolute atomic E-state index is 6.16. The second kappa shape index (κ2) is 8.89. The molecule has 0 radical (unpaired) electrons. The smallest absolute Gasteiger partial charge is 0.0708 e. The molecule has 0 N–H and O–H groups in total. The second-order valence-corrected chi connectivity index (χ2v) is 8.84. The van der Waals surface area contributed by atoms with Crippen molar-refractivity contribution in [1.29, 1.82) is 0 Å². The average molecular weight is 438 g/mol. The Bertz CT molecular complexity index is 1320. The number of aromatic nitrogens is 1. The number of benzene rings is 3. The van der Waals surface area contributed by atoms with E-state index in [0.717, 1.165) is 21.5 Å². The summed E-state index contributed by atoms with van der Waals surface area (Å²) in [6, 6.07) is 31.5. The van der Waals surface area contributed by atoms with E-state index < -0.39 is 0 Å². The van der Waals surface area contributed by atoms with Crippen LogP contribution in [0.2, 0.25) is 5.02 Å². The van der Waals surface area contributed by atoms with Crippen LogP contribution in [0.5, 0.6) is 0 Å². The summed E-state index contributed by atoms with van der Waals surface area (Å²) in [6.45, 7) is 0. The number of halogens is 1. The molecule has 2 aromatic heterocycles. The summed E-state index contributed by atoms with van der Waals surface area (Å²) >= 11 is 7.94. The van der Waals surface area contributed by atoms with Crippen molar-refractivity contribution in [3.63, 3.8) is 0 Å². The molecule has 31 heavy (non-hydrogen) atoms. The highest BCUT2D eigenvalue weighted by molar-refractivity contribution is 7.10. The second-order valence-electron chi connectivity index (χ2n) is 7.42. The van der Waals surface area contributed by atoms with Gasteiger partial charge < -0.3 is 0 Å². The molecule has 0 bridgehead atoms. The molecule has 3 aromatic carbocycles. The number of nitrogens with zero attached hydrogens (tertiary/aromatic N) is 1. The van der Waals surface area contributed by atoms with Crippen LogP contribution in [0.4, 0.5) is 0 Å². The van der Waals surface area contributed by atoms with Gasteiger partial charge in [0.2, 0.25) is 0 Å². The minimum Gasteiger partial charge on any atom is -0.256 e. The van der Waals surface area contributed by atoms with Crippen LogP contribution in [0.1, 0.15) is 33.0 Å². The summed E-state index contributed by atoms with van der Waals surface area (Å²) in [5, 5.41) is 4.04. The van der Waals surface area contributed by atoms with Crippen molar-refractivity contribution < 1.29 is 0 Å². The molecule has 3 heteroatoms. The zero-order valence-electron chi connectivity index (χ0n) is 16.8. The Morgan fingerprint density at radius 1 is 0.774 bits per heavy atom. The van der Waals surface area contributed by atoms with Crippen LogP contribution >= 0.6 is 22.9 Å². The fourth-order valence-corrected chi connectivity index (χ4v) is 4.90. The van der Waals surface area contributed by atoms with Gasteiger partial charge in [0, 0.05) is 27.4 Å². The van der Waals surface area contributed by atoms with Gasteiger partial charge in [-0.15, -0.1) is 11.3 Å². The van der Waals surface area contributed by atoms with Gasteiger partial charge in [-0.3, -0.25) is 4.98 Å². The van der Waals surface area contributed by atoms with Gasteiger partial charge in [0.1, 0.15) is 0 Å². The van der Waals surface area contributed by atoms with E-state index in [9.17, 15) is 0 Å². The quantitative estimate of drug-likeness (QED) is 0.269. The Labute approximate surface area is 191 Å². The maximum atomic E-state index is 6.16. The molecule has 0 fully saturated rings. The van der Waals surface area contributed by atoms with E-state index in [1.54, 1.807) is 11.3 Å². The summed E-state index contributed by atoms with van der Waals surface area (Å²) in [7, 11) is 0. The summed E-state index contributed by atoms with van der Waals surface area (Å²) in [5.74, 6) is 0.160. The number of hydrogen-bond donors (Lipinski definition) is 0. The first-order chi connectivity index (χ1) is 15.3. The lowest BCUT2D eigenvalue weighted by molar-refractivity contribution is 1.01. The van der Waals surface area contributed by atoms with E-state index in [4.69, 9.17) is 11.6 Å². The summed E-state index contributed by atoms with van der Waals surface area (Å²) in [6.07, 6.45) is 6.20. The van der Waals surface area contributed by atoms with Crippen LogP contribution in [-0.4, -0.2) is 4.98 Å². The number of thiophene rings is 1. The monoisotopic (exact) mass is 437 g/mol. The number of pyridine rings is 1. The van der Waals surface area contributed by atoms with E-state index in [1.165, 1.54) is 21.6 Å². The van der Waals surface area contributed by atoms with Crippen molar-refractivity contribution in [2.24, 2.45) is 0 Å². The normalized spacial score (nSPS) is 12.4. The van der Waals surface area contributed by atoms with Crippen molar-refractivity contribution >= 4 is 46.0 Å². The molecule has 0 aliphatic rings. The van der Waals surface area contributed by atoms with E-state index in [1.807, 2.05) is 24.4 Å². The zero-order chi connectivity index (χ0) is 21.0. The van der Waals surface area contributed by atoms with Gasteiger partial charge in [0.05, 0.1) is 5.52 Å². The van der Waals surface area contributed by atoms with Gasteiger partial charge >= 0.3 is 0 Å². The van der Waals surface area contributed by atoms with E-state index in [0.29, 0.717) is 0 Å². The first-order valence-corrected chi connectivity index (χ1v) is 11.4. The first-order valence-electron chi connectivity index (χ1n) is 10.2. The third-order valence-corrected chi connectivity index (χ3v) is 6.61. The summed E-state index contributed by atoms with van der Waals surface area (Å²) in [4.78, 5) is 5.91. The Hall–Kier alpha value is -3.20. The lowest BCUT2D eigenvalue weighted by atomic mass is 9.88. The lowest BCUT2D eigenvalue weighted by Gasteiger charge is -2.18. The first kappa shape index (κ1) is 19.7. The fourth-order valence-electron chi connectivity index (χ4n) is 3.89. The highest BCUT2D eigenvalue weighted by atomic mass is 35.5. The molecule has 0 aliphatic heterocycles. The van der Waals surface area contributed by atoms with Crippen molar-refractivity contribution in [2.75, 3.05) is 0 Å². The molecular weight excluding hydrogens is 418 g/mol. The predicted molar refractivity (Wildman–Crippen MR) is 134 cm³/mol. The van der Waals surface area contributed by atoms with Crippen LogP contribution in [0.15, 0.2) is 103 Å². The standard InChI is InChI=1S/C28H20ClNS/c29-24-13-10-22(11-14-24)28(27-7-4-18-31-27)23-12-15-26-25(19-23)21(16-17-30-26)9-8-20-5-2-1-3-6-20/h1-19,28H. The number of rotatable bonds is 5. The topological polar surface area (TPSA) is 12.9 Å². The van der Waals surface area contributed by atoms with Crippen LogP contribution < -0.4 is 0 Å². The van der Waals surface area contributed by atoms with Crippen molar-refractivity contribution in [1.82, 2.24) is 4.98 Å². The van der Waals surface area contributed by atoms with Gasteiger partial charge in [-0.1, -0.05) is 78.4 Å². The minimum atomic E-state index is 0.160. The Morgan fingerprint density at radius 3 is 2.35 bits per heavy atom. The molecule has 5 rings (SSSR count). The highest BCUT2D eigenvalue weighted by Gasteiger charge is 2.18. The minimum absolute atomic E-state index is 0.160. The molecule has 1 nitrogen and oxygen atoms in total. The van der Waals surface area contributed by atoms with Crippen molar-refractivity contribution in [3.05, 3.63) is 135 Å². The molecule has 5 aromatic rings. The Kier molecular flexibility index (Phi) is 5.66. The molecule has 2 heterocycles. The molecule has 0 amide bonds. The Balaban J connectivity index is 1.62. The molecule has 0 saturated heterocycles. The van der Waals surface area contributed by atoms with Crippen LogP contribution in [0, 0.1) is 0 Å². The lowest BCUT2D eigenvalue weighted by Crippen LogP contribution is -2.01. The van der Waals surface area contributed by atoms with E-state index in [-0.39, 0.29) is 5.92 Å². The molecule has 1 unspecified atom stereocenters. The van der Waals surface area contributed by atoms with Crippen LogP contribution in [0.3, 0.4) is 0 Å². The highest BCUT2D eigenvalue weighted by Crippen LogP contribution is 2.36. The maximum Gasteiger partial charge on any atom is 0.0708 e. The predicted octanol–water partition coefficient (Wildman–Crippen LogP) is 8.30. The average Bonchev–Trinajstić information content (AvgIpc) is 3.34. The third kappa shape index (κ3) is 4.32. The van der Waals surface area contributed by atoms with Gasteiger partial charge in [-0.2, -0.15) is 0 Å². The van der Waals surface area contributed by atoms with Crippen molar-refractivity contribution in [2.45, 2.75) is 5.92 Å². The Morgan fingerprint density at radius 2 is 1.58 bits per heavy atom. The van der Waals surface area contributed by atoms with Crippen molar-refractivity contribution in [3.8, 4) is 0 Å². The third-order valence-electron chi connectivity index (χ3n) is 5.42. The number of hydrogen-bond acceptors (Lipinski definition) is 2. The van der Waals surface area contributed by atoms with Gasteiger partial charge in [0.15, 0.2) is 0 Å². The zero-order valence-corrected chi connectivity index (χ0v) is 18.4. The van der Waals surface area contributed by atoms with E-state index in [2.05, 4.69) is 95.3 Å². The summed E-state index contributed by atoms with van der Waals surface area (Å²) < 4.78 is 0. The molecule has 0 aliphatic carbocycles. The summed E-state index contributed by atoms with van der Waals surface area (Å²) in [5.41, 5.74) is 5.83. The van der Waals surface area contributed by atoms with Gasteiger partial charge in [-0.05, 0) is 64.0 Å². The molecule has 1 atom stereocenters. The molecule has 0 spiro atoms. The van der Waals surface area contributed by atoms with Gasteiger partial charge in [0.25, 0.3) is 0 Å².